The van der Waals surface area contributed by atoms with Gasteiger partial charge in [0.25, 0.3) is 5.91 Å². The van der Waals surface area contributed by atoms with E-state index in [1.807, 2.05) is 41.1 Å². The molecule has 2 aromatic carbocycles. The van der Waals surface area contributed by atoms with E-state index in [1.54, 1.807) is 30.5 Å². The monoisotopic (exact) mass is 472 g/mol. The minimum Gasteiger partial charge on any atom is -0.352 e. The Bertz CT molecular complexity index is 1460. The van der Waals surface area contributed by atoms with Gasteiger partial charge in [0.1, 0.15) is 11.5 Å². The van der Waals surface area contributed by atoms with E-state index < -0.39 is 0 Å². The van der Waals surface area contributed by atoms with Crippen LogP contribution in [0.1, 0.15) is 15.9 Å². The van der Waals surface area contributed by atoms with Crippen LogP contribution in [0.3, 0.4) is 0 Å². The van der Waals surface area contributed by atoms with Crippen molar-refractivity contribution in [2.75, 3.05) is 18.4 Å². The normalized spacial score (nSPS) is 11.0. The average molecular weight is 473 g/mol. The molecule has 0 fully saturated rings. The van der Waals surface area contributed by atoms with Crippen molar-refractivity contribution < 1.29 is 9.18 Å². The maximum Gasteiger partial charge on any atom is 0.251 e. The molecular formula is C25H21FN6OS. The molecule has 0 aliphatic carbocycles. The van der Waals surface area contributed by atoms with Crippen molar-refractivity contribution in [3.8, 4) is 22.6 Å². The number of aryl methyl sites for hydroxylation is 1. The molecule has 7 nitrogen and oxygen atoms in total. The number of thiazole rings is 1. The first-order chi connectivity index (χ1) is 16.6. The number of nitrogens with one attached hydrogen (secondary N) is 2. The molecule has 0 spiro atoms. The van der Waals surface area contributed by atoms with Gasteiger partial charge in [0.2, 0.25) is 5.95 Å². The number of imidazole rings is 1. The third-order valence-corrected chi connectivity index (χ3v) is 6.02. The van der Waals surface area contributed by atoms with E-state index in [9.17, 15) is 9.18 Å². The summed E-state index contributed by atoms with van der Waals surface area (Å²) in [7, 11) is 0. The summed E-state index contributed by atoms with van der Waals surface area (Å²) in [6.45, 7) is 2.85. The second kappa shape index (κ2) is 9.40. The zero-order valence-electron chi connectivity index (χ0n) is 18.3. The number of rotatable bonds is 7. The van der Waals surface area contributed by atoms with Crippen molar-refractivity contribution in [2.45, 2.75) is 6.92 Å². The average Bonchev–Trinajstić information content (AvgIpc) is 3.44. The summed E-state index contributed by atoms with van der Waals surface area (Å²) >= 11 is 1.50. The van der Waals surface area contributed by atoms with E-state index in [2.05, 4.69) is 20.6 Å². The van der Waals surface area contributed by atoms with Crippen LogP contribution in [0, 0.1) is 12.7 Å². The topological polar surface area (TPSA) is 84.2 Å². The van der Waals surface area contributed by atoms with Crippen LogP contribution < -0.4 is 10.6 Å². The lowest BCUT2D eigenvalue weighted by Crippen LogP contribution is -2.29. The Kier molecular flexibility index (Phi) is 6.01. The summed E-state index contributed by atoms with van der Waals surface area (Å²) < 4.78 is 15.8. The Morgan fingerprint density at radius 1 is 1.09 bits per heavy atom. The molecule has 0 unspecified atom stereocenters. The Morgan fingerprint density at radius 2 is 1.94 bits per heavy atom. The lowest BCUT2D eigenvalue weighted by atomic mass is 10.1. The highest BCUT2D eigenvalue weighted by molar-refractivity contribution is 7.15. The van der Waals surface area contributed by atoms with E-state index in [1.165, 1.54) is 23.5 Å². The van der Waals surface area contributed by atoms with E-state index in [0.29, 0.717) is 41.6 Å². The standard InChI is InChI=1S/C25H21FN6OS/c1-16-5-7-17(8-6-16)23(33)27-11-12-29-24-28-10-9-20(30-24)22-21(18-3-2-4-19(26)15-18)31-25-32(22)13-14-34-25/h2-10,13-15H,11-12H2,1H3,(H,27,33)(H,28,29,30). The number of carbonyl (C=O) groups is 1. The molecule has 0 atom stereocenters. The summed E-state index contributed by atoms with van der Waals surface area (Å²) in [5.41, 5.74) is 4.48. The Labute approximate surface area is 199 Å². The van der Waals surface area contributed by atoms with E-state index in [-0.39, 0.29) is 11.7 Å². The highest BCUT2D eigenvalue weighted by Crippen LogP contribution is 2.33. The number of benzene rings is 2. The van der Waals surface area contributed by atoms with Crippen LogP contribution in [0.5, 0.6) is 0 Å². The van der Waals surface area contributed by atoms with Gasteiger partial charge in [-0.25, -0.2) is 19.3 Å². The first-order valence-electron chi connectivity index (χ1n) is 10.7. The number of hydrogen-bond acceptors (Lipinski definition) is 6. The number of fused-ring (bicyclic) bond motifs is 1. The number of aromatic nitrogens is 4. The van der Waals surface area contributed by atoms with Crippen molar-refractivity contribution in [3.63, 3.8) is 0 Å². The fraction of sp³-hybridized carbons (Fsp3) is 0.120. The number of amides is 1. The predicted octanol–water partition coefficient (Wildman–Crippen LogP) is 4.81. The molecule has 0 saturated heterocycles. The summed E-state index contributed by atoms with van der Waals surface area (Å²) in [6.07, 6.45) is 3.58. The van der Waals surface area contributed by atoms with Crippen LogP contribution in [0.4, 0.5) is 10.3 Å². The fourth-order valence-electron chi connectivity index (χ4n) is 3.60. The second-order valence-electron chi connectivity index (χ2n) is 7.69. The lowest BCUT2D eigenvalue weighted by Gasteiger charge is -2.09. The quantitative estimate of drug-likeness (QED) is 0.332. The minimum atomic E-state index is -0.322. The van der Waals surface area contributed by atoms with Gasteiger partial charge in [-0.15, -0.1) is 11.3 Å². The molecule has 0 aliphatic rings. The molecule has 34 heavy (non-hydrogen) atoms. The lowest BCUT2D eigenvalue weighted by molar-refractivity contribution is 0.0955. The molecule has 3 aromatic heterocycles. The number of anilines is 1. The molecule has 5 aromatic rings. The molecule has 0 saturated carbocycles. The molecule has 2 N–H and O–H groups in total. The smallest absolute Gasteiger partial charge is 0.251 e. The van der Waals surface area contributed by atoms with Crippen LogP contribution in [-0.2, 0) is 0 Å². The van der Waals surface area contributed by atoms with Gasteiger partial charge in [-0.3, -0.25) is 9.20 Å². The van der Waals surface area contributed by atoms with E-state index >= 15 is 0 Å². The van der Waals surface area contributed by atoms with Gasteiger partial charge in [0, 0.05) is 42.0 Å². The van der Waals surface area contributed by atoms with Crippen LogP contribution in [-0.4, -0.2) is 38.3 Å². The maximum atomic E-state index is 13.9. The Balaban J connectivity index is 1.33. The van der Waals surface area contributed by atoms with Crippen molar-refractivity contribution in [3.05, 3.63) is 89.3 Å². The summed E-state index contributed by atoms with van der Waals surface area (Å²) in [5.74, 6) is -0.0229. The van der Waals surface area contributed by atoms with Gasteiger partial charge < -0.3 is 10.6 Å². The van der Waals surface area contributed by atoms with Gasteiger partial charge in [-0.2, -0.15) is 0 Å². The highest BCUT2D eigenvalue weighted by Gasteiger charge is 2.18. The first kappa shape index (κ1) is 21.7. The van der Waals surface area contributed by atoms with Gasteiger partial charge in [-0.05, 0) is 37.3 Å². The third-order valence-electron chi connectivity index (χ3n) is 5.27. The SMILES string of the molecule is Cc1ccc(C(=O)NCCNc2nccc(-c3c(-c4cccc(F)c4)nc4sccn34)n2)cc1. The van der Waals surface area contributed by atoms with Gasteiger partial charge in [0.05, 0.1) is 11.4 Å². The molecule has 3 heterocycles. The minimum absolute atomic E-state index is 0.129. The summed E-state index contributed by atoms with van der Waals surface area (Å²) in [4.78, 5) is 26.7. The summed E-state index contributed by atoms with van der Waals surface area (Å²) in [6, 6.07) is 15.6. The molecule has 0 bridgehead atoms. The van der Waals surface area contributed by atoms with E-state index in [0.717, 1.165) is 16.2 Å². The zero-order valence-corrected chi connectivity index (χ0v) is 19.1. The molecular weight excluding hydrogens is 451 g/mol. The van der Waals surface area contributed by atoms with Crippen LogP contribution >= 0.6 is 11.3 Å². The molecule has 5 rings (SSSR count). The number of carbonyl (C=O) groups excluding carboxylic acids is 1. The fourth-order valence-corrected chi connectivity index (χ4v) is 4.31. The van der Waals surface area contributed by atoms with Crippen molar-refractivity contribution >= 4 is 28.2 Å². The van der Waals surface area contributed by atoms with Gasteiger partial charge >= 0.3 is 0 Å². The molecule has 1 amide bonds. The third kappa shape index (κ3) is 4.51. The van der Waals surface area contributed by atoms with Gasteiger partial charge in [-0.1, -0.05) is 29.8 Å². The van der Waals surface area contributed by atoms with Crippen LogP contribution in [0.2, 0.25) is 0 Å². The van der Waals surface area contributed by atoms with Crippen LogP contribution in [0.25, 0.3) is 27.6 Å². The largest absolute Gasteiger partial charge is 0.352 e. The highest BCUT2D eigenvalue weighted by atomic mass is 32.1. The molecule has 170 valence electrons. The van der Waals surface area contributed by atoms with Crippen molar-refractivity contribution in [1.82, 2.24) is 24.7 Å². The first-order valence-corrected chi connectivity index (χ1v) is 11.6. The number of hydrogen-bond donors (Lipinski definition) is 2. The zero-order chi connectivity index (χ0) is 23.5. The van der Waals surface area contributed by atoms with Crippen molar-refractivity contribution in [2.24, 2.45) is 0 Å². The summed E-state index contributed by atoms with van der Waals surface area (Å²) in [5, 5.41) is 7.97. The maximum absolute atomic E-state index is 13.9. The van der Waals surface area contributed by atoms with E-state index in [4.69, 9.17) is 4.98 Å². The molecule has 0 radical (unpaired) electrons. The Morgan fingerprint density at radius 3 is 2.76 bits per heavy atom. The molecule has 0 aliphatic heterocycles. The number of nitrogens with zero attached hydrogens (tertiary/aromatic N) is 4. The van der Waals surface area contributed by atoms with Crippen LogP contribution in [0.15, 0.2) is 72.4 Å². The predicted molar refractivity (Wildman–Crippen MR) is 131 cm³/mol. The molecule has 9 heteroatoms. The number of halogens is 1. The van der Waals surface area contributed by atoms with Crippen molar-refractivity contribution in [1.29, 1.82) is 0 Å². The second-order valence-corrected chi connectivity index (χ2v) is 8.56. The Hall–Kier alpha value is -4.11. The van der Waals surface area contributed by atoms with Gasteiger partial charge in [0.15, 0.2) is 4.96 Å².